The van der Waals surface area contributed by atoms with Gasteiger partial charge in [0.15, 0.2) is 0 Å². The van der Waals surface area contributed by atoms with Crippen LogP contribution in [0, 0.1) is 6.92 Å². The number of nitrogens with zero attached hydrogens (tertiary/aromatic N) is 1. The van der Waals surface area contributed by atoms with Crippen LogP contribution >= 0.6 is 23.1 Å². The van der Waals surface area contributed by atoms with E-state index in [1.54, 1.807) is 11.3 Å². The average molecular weight is 269 g/mol. The van der Waals surface area contributed by atoms with Crippen LogP contribution in [0.25, 0.3) is 0 Å². The molecule has 2 nitrogen and oxygen atoms in total. The fourth-order valence-corrected chi connectivity index (χ4v) is 4.59. The lowest BCUT2D eigenvalue weighted by atomic mass is 10.2. The maximum Gasteiger partial charge on any atom is 0.224 e. The molecule has 1 amide bonds. The summed E-state index contributed by atoms with van der Waals surface area (Å²) in [6.45, 7) is 5.22. The van der Waals surface area contributed by atoms with Crippen molar-refractivity contribution in [3.63, 3.8) is 0 Å². The molecule has 1 aromatic rings. The summed E-state index contributed by atoms with van der Waals surface area (Å²) < 4.78 is 0. The van der Waals surface area contributed by atoms with Gasteiger partial charge >= 0.3 is 0 Å². The highest BCUT2D eigenvalue weighted by molar-refractivity contribution is 7.99. The molecule has 0 aliphatic carbocycles. The Bertz CT molecular complexity index is 389. The molecule has 0 radical (unpaired) electrons. The number of thiophene rings is 1. The zero-order chi connectivity index (χ0) is 12.3. The molecule has 1 saturated heterocycles. The first kappa shape index (κ1) is 13.0. The predicted octanol–water partition coefficient (Wildman–Crippen LogP) is 3.82. The molecule has 0 N–H and O–H groups in total. The Labute approximate surface area is 111 Å². The highest BCUT2D eigenvalue weighted by Gasteiger charge is 2.30. The minimum Gasteiger partial charge on any atom is -0.326 e. The highest BCUT2D eigenvalue weighted by atomic mass is 32.2. The number of carbonyl (C=O) groups excluding carboxylic acids is 1. The molecule has 0 bridgehead atoms. The number of unbranched alkanes of at least 4 members (excludes halogenated alkanes) is 1. The number of carbonyl (C=O) groups is 1. The summed E-state index contributed by atoms with van der Waals surface area (Å²) in [5.41, 5.74) is 1.32. The summed E-state index contributed by atoms with van der Waals surface area (Å²) in [5.74, 6) is 1.29. The van der Waals surface area contributed by atoms with Crippen LogP contribution in [-0.4, -0.2) is 23.1 Å². The summed E-state index contributed by atoms with van der Waals surface area (Å²) in [6.07, 6.45) is 2.95. The molecule has 1 fully saturated rings. The van der Waals surface area contributed by atoms with Crippen LogP contribution in [-0.2, 0) is 4.79 Å². The summed E-state index contributed by atoms with van der Waals surface area (Å²) in [6, 6.07) is 2.15. The van der Waals surface area contributed by atoms with Crippen LogP contribution in [0.15, 0.2) is 11.4 Å². The van der Waals surface area contributed by atoms with Gasteiger partial charge in [0.2, 0.25) is 5.91 Å². The summed E-state index contributed by atoms with van der Waals surface area (Å²) in [4.78, 5) is 15.5. The molecule has 1 aromatic heterocycles. The van der Waals surface area contributed by atoms with E-state index in [-0.39, 0.29) is 5.37 Å². The quantitative estimate of drug-likeness (QED) is 0.828. The molecule has 4 heteroatoms. The molecular weight excluding hydrogens is 250 g/mol. The number of rotatable bonds is 4. The van der Waals surface area contributed by atoms with Crippen LogP contribution < -0.4 is 0 Å². The molecular formula is C13H19NOS2. The van der Waals surface area contributed by atoms with Gasteiger partial charge in [0.05, 0.1) is 0 Å². The molecule has 1 aliphatic rings. The highest BCUT2D eigenvalue weighted by Crippen LogP contribution is 2.41. The van der Waals surface area contributed by atoms with Gasteiger partial charge in [-0.15, -0.1) is 23.1 Å². The van der Waals surface area contributed by atoms with Gasteiger partial charge in [0.1, 0.15) is 5.37 Å². The van der Waals surface area contributed by atoms with E-state index in [0.29, 0.717) is 12.3 Å². The lowest BCUT2D eigenvalue weighted by Crippen LogP contribution is -2.37. The Hall–Kier alpha value is -0.480. The van der Waals surface area contributed by atoms with E-state index in [4.69, 9.17) is 0 Å². The third-order valence-electron chi connectivity index (χ3n) is 3.07. The van der Waals surface area contributed by atoms with Crippen molar-refractivity contribution in [1.29, 1.82) is 0 Å². The Morgan fingerprint density at radius 1 is 1.53 bits per heavy atom. The smallest absolute Gasteiger partial charge is 0.224 e. The van der Waals surface area contributed by atoms with Gasteiger partial charge < -0.3 is 4.90 Å². The van der Waals surface area contributed by atoms with Crippen molar-refractivity contribution in [3.8, 4) is 0 Å². The van der Waals surface area contributed by atoms with E-state index in [0.717, 1.165) is 25.1 Å². The van der Waals surface area contributed by atoms with E-state index in [1.807, 2.05) is 11.8 Å². The third kappa shape index (κ3) is 2.86. The van der Waals surface area contributed by atoms with Gasteiger partial charge in [-0.3, -0.25) is 4.79 Å². The normalized spacial score (nSPS) is 20.9. The zero-order valence-corrected chi connectivity index (χ0v) is 12.1. The van der Waals surface area contributed by atoms with E-state index < -0.39 is 0 Å². The van der Waals surface area contributed by atoms with Crippen LogP contribution in [0.3, 0.4) is 0 Å². The van der Waals surface area contributed by atoms with Gasteiger partial charge in [-0.2, -0.15) is 0 Å². The molecule has 2 rings (SSSR count). The van der Waals surface area contributed by atoms with E-state index in [1.165, 1.54) is 10.4 Å². The minimum atomic E-state index is 0.266. The van der Waals surface area contributed by atoms with E-state index >= 15 is 0 Å². The number of amides is 1. The fraction of sp³-hybridized carbons (Fsp3) is 0.615. The van der Waals surface area contributed by atoms with Crippen LogP contribution in [0.2, 0.25) is 0 Å². The lowest BCUT2D eigenvalue weighted by Gasteiger charge is -2.35. The number of hydrogen-bond acceptors (Lipinski definition) is 3. The fourth-order valence-electron chi connectivity index (χ4n) is 2.05. The summed E-state index contributed by atoms with van der Waals surface area (Å²) in [7, 11) is 0. The van der Waals surface area contributed by atoms with E-state index in [9.17, 15) is 4.79 Å². The number of thioether (sulfide) groups is 1. The summed E-state index contributed by atoms with van der Waals surface area (Å²) >= 11 is 3.69. The number of aryl methyl sites for hydroxylation is 1. The topological polar surface area (TPSA) is 20.3 Å². The van der Waals surface area contributed by atoms with E-state index in [2.05, 4.69) is 30.2 Å². The second-order valence-corrected chi connectivity index (χ2v) is 6.52. The maximum absolute atomic E-state index is 12.0. The molecule has 0 aromatic carbocycles. The van der Waals surface area contributed by atoms with Gasteiger partial charge in [0, 0.05) is 23.6 Å². The molecule has 17 heavy (non-hydrogen) atoms. The molecule has 0 saturated carbocycles. The van der Waals surface area contributed by atoms with Crippen LogP contribution in [0.5, 0.6) is 0 Å². The Morgan fingerprint density at radius 3 is 3.00 bits per heavy atom. The van der Waals surface area contributed by atoms with Gasteiger partial charge in [0.25, 0.3) is 0 Å². The molecule has 1 aliphatic heterocycles. The molecule has 1 unspecified atom stereocenters. The SMILES string of the molecule is CCCCN1C(=O)CCSC1c1sccc1C. The third-order valence-corrected chi connectivity index (χ3v) is 5.54. The van der Waals surface area contributed by atoms with Crippen molar-refractivity contribution in [3.05, 3.63) is 21.9 Å². The lowest BCUT2D eigenvalue weighted by molar-refractivity contribution is -0.132. The van der Waals surface area contributed by atoms with Crippen molar-refractivity contribution < 1.29 is 4.79 Å². The average Bonchev–Trinajstić information content (AvgIpc) is 2.73. The monoisotopic (exact) mass is 269 g/mol. The predicted molar refractivity (Wildman–Crippen MR) is 75.5 cm³/mol. The minimum absolute atomic E-state index is 0.266. The first-order valence-corrected chi connectivity index (χ1v) is 8.12. The number of hydrogen-bond donors (Lipinski definition) is 0. The molecule has 2 heterocycles. The van der Waals surface area contributed by atoms with Crippen molar-refractivity contribution in [1.82, 2.24) is 4.90 Å². The molecule has 94 valence electrons. The largest absolute Gasteiger partial charge is 0.326 e. The van der Waals surface area contributed by atoms with Crippen molar-refractivity contribution >= 4 is 29.0 Å². The zero-order valence-electron chi connectivity index (χ0n) is 10.4. The van der Waals surface area contributed by atoms with Gasteiger partial charge in [-0.05, 0) is 30.4 Å². The molecule has 0 spiro atoms. The second-order valence-electron chi connectivity index (χ2n) is 4.38. The van der Waals surface area contributed by atoms with Gasteiger partial charge in [-0.25, -0.2) is 0 Å². The van der Waals surface area contributed by atoms with Gasteiger partial charge in [-0.1, -0.05) is 13.3 Å². The molecule has 1 atom stereocenters. The van der Waals surface area contributed by atoms with Crippen LogP contribution in [0.1, 0.15) is 42.0 Å². The van der Waals surface area contributed by atoms with Crippen LogP contribution in [0.4, 0.5) is 0 Å². The Balaban J connectivity index is 2.17. The first-order chi connectivity index (χ1) is 8.24. The van der Waals surface area contributed by atoms with Crippen molar-refractivity contribution in [2.24, 2.45) is 0 Å². The Morgan fingerprint density at radius 2 is 2.35 bits per heavy atom. The van der Waals surface area contributed by atoms with Crippen molar-refractivity contribution in [2.75, 3.05) is 12.3 Å². The second kappa shape index (κ2) is 5.91. The Kier molecular flexibility index (Phi) is 4.51. The maximum atomic E-state index is 12.0. The summed E-state index contributed by atoms with van der Waals surface area (Å²) in [5, 5.41) is 2.39. The first-order valence-electron chi connectivity index (χ1n) is 6.19. The standard InChI is InChI=1S/C13H19NOS2/c1-3-4-7-14-11(15)6-9-17-13(14)12-10(2)5-8-16-12/h5,8,13H,3-4,6-7,9H2,1-2H3. The van der Waals surface area contributed by atoms with Crippen molar-refractivity contribution in [2.45, 2.75) is 38.5 Å².